The van der Waals surface area contributed by atoms with Crippen LogP contribution < -0.4 is 5.32 Å². The van der Waals surface area contributed by atoms with E-state index in [9.17, 15) is 4.79 Å². The monoisotopic (exact) mass is 286 g/mol. The largest absolute Gasteiger partial charge is 0.349 e. The number of aromatic nitrogens is 3. The molecule has 0 spiro atoms. The predicted molar refractivity (Wildman–Crippen MR) is 82.0 cm³/mol. The van der Waals surface area contributed by atoms with Crippen LogP contribution in [-0.2, 0) is 4.79 Å². The number of hydrogen-bond donors (Lipinski definition) is 1. The summed E-state index contributed by atoms with van der Waals surface area (Å²) in [5, 5.41) is 7.15. The molecule has 5 nitrogen and oxygen atoms in total. The maximum Gasteiger partial charge on any atom is 0.223 e. The molecular formula is C16H22N4O. The second kappa shape index (κ2) is 7.02. The molecule has 1 aromatic carbocycles. The van der Waals surface area contributed by atoms with E-state index in [0.29, 0.717) is 0 Å². The van der Waals surface area contributed by atoms with Crippen LogP contribution in [0, 0.1) is 5.92 Å². The van der Waals surface area contributed by atoms with Crippen LogP contribution in [0.4, 0.5) is 0 Å². The summed E-state index contributed by atoms with van der Waals surface area (Å²) in [4.78, 5) is 16.0. The molecule has 2 aromatic rings. The van der Waals surface area contributed by atoms with Gasteiger partial charge in [0.15, 0.2) is 0 Å². The van der Waals surface area contributed by atoms with Gasteiger partial charge in [-0.3, -0.25) is 4.79 Å². The molecule has 0 saturated heterocycles. The first-order valence-corrected chi connectivity index (χ1v) is 7.37. The summed E-state index contributed by atoms with van der Waals surface area (Å²) in [6.45, 7) is 6.07. The van der Waals surface area contributed by atoms with Crippen LogP contribution in [0.5, 0.6) is 0 Å². The molecule has 1 heterocycles. The van der Waals surface area contributed by atoms with Gasteiger partial charge < -0.3 is 5.32 Å². The normalized spacial score (nSPS) is 13.7. The van der Waals surface area contributed by atoms with E-state index >= 15 is 0 Å². The number of rotatable bonds is 6. The van der Waals surface area contributed by atoms with Gasteiger partial charge in [-0.2, -0.15) is 5.10 Å². The Hall–Kier alpha value is -2.17. The van der Waals surface area contributed by atoms with E-state index in [1.807, 2.05) is 38.1 Å². The fraction of sp³-hybridized carbons (Fsp3) is 0.438. The second-order valence-corrected chi connectivity index (χ2v) is 5.35. The van der Waals surface area contributed by atoms with Crippen LogP contribution in [0.3, 0.4) is 0 Å². The minimum Gasteiger partial charge on any atom is -0.349 e. The third-order valence-electron chi connectivity index (χ3n) is 3.60. The van der Waals surface area contributed by atoms with Gasteiger partial charge in [-0.25, -0.2) is 9.67 Å². The van der Waals surface area contributed by atoms with Crippen LogP contribution in [-0.4, -0.2) is 20.7 Å². The van der Waals surface area contributed by atoms with Crippen molar-refractivity contribution in [3.63, 3.8) is 0 Å². The summed E-state index contributed by atoms with van der Waals surface area (Å²) < 4.78 is 1.70. The van der Waals surface area contributed by atoms with Crippen LogP contribution >= 0.6 is 0 Å². The second-order valence-electron chi connectivity index (χ2n) is 5.35. The lowest BCUT2D eigenvalue weighted by atomic mass is 10.0. The molecule has 112 valence electrons. The topological polar surface area (TPSA) is 59.8 Å². The molecule has 2 rings (SSSR count). The van der Waals surface area contributed by atoms with Gasteiger partial charge in [-0.15, -0.1) is 0 Å². The van der Waals surface area contributed by atoms with Crippen LogP contribution in [0.1, 0.15) is 45.2 Å². The van der Waals surface area contributed by atoms with Crippen LogP contribution in [0.2, 0.25) is 0 Å². The highest BCUT2D eigenvalue weighted by atomic mass is 16.1. The molecule has 21 heavy (non-hydrogen) atoms. The average Bonchev–Trinajstić information content (AvgIpc) is 3.01. The Bertz CT molecular complexity index is 562. The fourth-order valence-electron chi connectivity index (χ4n) is 2.26. The van der Waals surface area contributed by atoms with Crippen molar-refractivity contribution in [2.45, 2.75) is 39.7 Å². The van der Waals surface area contributed by atoms with E-state index in [-0.39, 0.29) is 17.9 Å². The maximum atomic E-state index is 12.0. The predicted octanol–water partition coefficient (Wildman–Crippen LogP) is 2.88. The first-order valence-electron chi connectivity index (χ1n) is 7.37. The van der Waals surface area contributed by atoms with Gasteiger partial charge in [0.1, 0.15) is 12.7 Å². The molecule has 0 aliphatic carbocycles. The van der Waals surface area contributed by atoms with E-state index in [2.05, 4.69) is 22.3 Å². The molecule has 0 bridgehead atoms. The highest BCUT2D eigenvalue weighted by molar-refractivity contribution is 5.78. The molecule has 2 atom stereocenters. The molecule has 1 aromatic heterocycles. The van der Waals surface area contributed by atoms with Gasteiger partial charge >= 0.3 is 0 Å². The summed E-state index contributed by atoms with van der Waals surface area (Å²) in [7, 11) is 0. The zero-order valence-electron chi connectivity index (χ0n) is 12.8. The summed E-state index contributed by atoms with van der Waals surface area (Å²) in [6, 6.07) is 7.96. The molecule has 1 amide bonds. The summed E-state index contributed by atoms with van der Waals surface area (Å²) >= 11 is 0. The number of hydrogen-bond acceptors (Lipinski definition) is 3. The van der Waals surface area contributed by atoms with Gasteiger partial charge in [0.25, 0.3) is 0 Å². The smallest absolute Gasteiger partial charge is 0.223 e. The third kappa shape index (κ3) is 3.90. The number of nitrogens with one attached hydrogen (secondary N) is 1. The molecule has 0 fully saturated rings. The quantitative estimate of drug-likeness (QED) is 0.888. The lowest BCUT2D eigenvalue weighted by molar-refractivity contribution is -0.125. The highest BCUT2D eigenvalue weighted by Gasteiger charge is 2.15. The van der Waals surface area contributed by atoms with Crippen molar-refractivity contribution in [1.29, 1.82) is 0 Å². The van der Waals surface area contributed by atoms with Gasteiger partial charge in [0.2, 0.25) is 5.91 Å². The van der Waals surface area contributed by atoms with Crippen LogP contribution in [0.15, 0.2) is 36.9 Å². The van der Waals surface area contributed by atoms with E-state index in [1.165, 1.54) is 6.33 Å². The number of benzene rings is 1. The fourth-order valence-corrected chi connectivity index (χ4v) is 2.26. The van der Waals surface area contributed by atoms with E-state index in [1.54, 1.807) is 11.0 Å². The standard InChI is InChI=1S/C16H22N4O/c1-4-5-12(2)16(21)19-13(3)14-6-8-15(9-7-14)20-11-17-10-18-20/h6-13H,4-5H2,1-3H3,(H,19,21). The zero-order valence-corrected chi connectivity index (χ0v) is 12.8. The Morgan fingerprint density at radius 3 is 2.57 bits per heavy atom. The van der Waals surface area contributed by atoms with Crippen molar-refractivity contribution < 1.29 is 4.79 Å². The Labute approximate surface area is 125 Å². The summed E-state index contributed by atoms with van der Waals surface area (Å²) in [5.74, 6) is 0.177. The molecule has 5 heteroatoms. The lowest BCUT2D eigenvalue weighted by Crippen LogP contribution is -2.31. The molecule has 0 aliphatic rings. The number of carbonyl (C=O) groups excluding carboxylic acids is 1. The minimum atomic E-state index is 0.00148. The number of nitrogens with zero attached hydrogens (tertiary/aromatic N) is 3. The van der Waals surface area contributed by atoms with Gasteiger partial charge in [-0.05, 0) is 31.0 Å². The first-order chi connectivity index (χ1) is 10.1. The number of amides is 1. The SMILES string of the molecule is CCCC(C)C(=O)NC(C)c1ccc(-n2cncn2)cc1. The molecule has 1 N–H and O–H groups in total. The van der Waals surface area contributed by atoms with E-state index in [4.69, 9.17) is 0 Å². The lowest BCUT2D eigenvalue weighted by Gasteiger charge is -2.18. The zero-order chi connectivity index (χ0) is 15.2. The van der Waals surface area contributed by atoms with Crippen molar-refractivity contribution in [1.82, 2.24) is 20.1 Å². The third-order valence-corrected chi connectivity index (χ3v) is 3.60. The Kier molecular flexibility index (Phi) is 5.09. The van der Waals surface area contributed by atoms with Crippen molar-refractivity contribution >= 4 is 5.91 Å². The summed E-state index contributed by atoms with van der Waals surface area (Å²) in [6.07, 6.45) is 5.11. The van der Waals surface area contributed by atoms with Gasteiger partial charge in [0.05, 0.1) is 11.7 Å². The molecule has 0 saturated carbocycles. The Balaban J connectivity index is 2.00. The molecule has 0 aliphatic heterocycles. The van der Waals surface area contributed by atoms with Crippen molar-refractivity contribution in [3.8, 4) is 5.69 Å². The molecule has 0 radical (unpaired) electrons. The van der Waals surface area contributed by atoms with Gasteiger partial charge in [-0.1, -0.05) is 32.4 Å². The van der Waals surface area contributed by atoms with Crippen LogP contribution in [0.25, 0.3) is 5.69 Å². The first kappa shape index (κ1) is 15.2. The van der Waals surface area contributed by atoms with Crippen molar-refractivity contribution in [3.05, 3.63) is 42.5 Å². The molecular weight excluding hydrogens is 264 g/mol. The average molecular weight is 286 g/mol. The Morgan fingerprint density at radius 1 is 1.29 bits per heavy atom. The number of carbonyl (C=O) groups is 1. The van der Waals surface area contributed by atoms with Crippen molar-refractivity contribution in [2.24, 2.45) is 5.92 Å². The molecule has 2 unspecified atom stereocenters. The maximum absolute atomic E-state index is 12.0. The highest BCUT2D eigenvalue weighted by Crippen LogP contribution is 2.16. The summed E-state index contributed by atoms with van der Waals surface area (Å²) in [5.41, 5.74) is 2.03. The van der Waals surface area contributed by atoms with Gasteiger partial charge in [0, 0.05) is 5.92 Å². The van der Waals surface area contributed by atoms with E-state index in [0.717, 1.165) is 24.1 Å². The minimum absolute atomic E-state index is 0.00148. The van der Waals surface area contributed by atoms with E-state index < -0.39 is 0 Å². The Morgan fingerprint density at radius 2 is 2.00 bits per heavy atom. The van der Waals surface area contributed by atoms with Crippen molar-refractivity contribution in [2.75, 3.05) is 0 Å².